The Balaban J connectivity index is 2.00. The Morgan fingerprint density at radius 1 is 1.33 bits per heavy atom. The SMILES string of the molecule is Cc1cc(NC(=O)Nc2cnn(C)c2)ccc1O. The number of benzene rings is 1. The highest BCUT2D eigenvalue weighted by molar-refractivity contribution is 5.99. The number of nitrogens with zero attached hydrogens (tertiary/aromatic N) is 2. The molecule has 6 nitrogen and oxygen atoms in total. The van der Waals surface area contributed by atoms with Crippen molar-refractivity contribution in [1.29, 1.82) is 0 Å². The van der Waals surface area contributed by atoms with Crippen molar-refractivity contribution in [1.82, 2.24) is 9.78 Å². The Morgan fingerprint density at radius 2 is 2.06 bits per heavy atom. The molecule has 1 aromatic carbocycles. The van der Waals surface area contributed by atoms with Crippen LogP contribution in [0.25, 0.3) is 0 Å². The summed E-state index contributed by atoms with van der Waals surface area (Å²) in [5.41, 5.74) is 1.94. The first-order chi connectivity index (χ1) is 8.54. The van der Waals surface area contributed by atoms with Gasteiger partial charge in [0.15, 0.2) is 0 Å². The van der Waals surface area contributed by atoms with Crippen LogP contribution in [0.5, 0.6) is 5.75 Å². The first kappa shape index (κ1) is 12.0. The summed E-state index contributed by atoms with van der Waals surface area (Å²) in [4.78, 5) is 11.7. The summed E-state index contributed by atoms with van der Waals surface area (Å²) in [5, 5.41) is 18.6. The third-order valence-corrected chi connectivity index (χ3v) is 2.42. The molecule has 0 spiro atoms. The highest BCUT2D eigenvalue weighted by Gasteiger charge is 2.05. The normalized spacial score (nSPS) is 10.1. The molecule has 0 saturated carbocycles. The number of hydrogen-bond donors (Lipinski definition) is 3. The minimum absolute atomic E-state index is 0.202. The quantitative estimate of drug-likeness (QED) is 0.710. The van der Waals surface area contributed by atoms with Crippen LogP contribution in [-0.2, 0) is 7.05 Å². The van der Waals surface area contributed by atoms with E-state index in [0.717, 1.165) is 0 Å². The van der Waals surface area contributed by atoms with Crippen LogP contribution < -0.4 is 10.6 Å². The molecule has 0 aliphatic rings. The summed E-state index contributed by atoms with van der Waals surface area (Å²) >= 11 is 0. The van der Waals surface area contributed by atoms with Crippen molar-refractivity contribution >= 4 is 17.4 Å². The van der Waals surface area contributed by atoms with Crippen LogP contribution in [0.2, 0.25) is 0 Å². The maximum absolute atomic E-state index is 11.7. The molecule has 2 rings (SSSR count). The van der Waals surface area contributed by atoms with E-state index in [1.165, 1.54) is 6.07 Å². The molecule has 18 heavy (non-hydrogen) atoms. The Labute approximate surface area is 104 Å². The van der Waals surface area contributed by atoms with Gasteiger partial charge in [0.05, 0.1) is 11.9 Å². The first-order valence-electron chi connectivity index (χ1n) is 5.41. The summed E-state index contributed by atoms with van der Waals surface area (Å²) in [6.07, 6.45) is 3.25. The number of aromatic hydroxyl groups is 1. The van der Waals surface area contributed by atoms with Crippen molar-refractivity contribution in [2.24, 2.45) is 7.05 Å². The van der Waals surface area contributed by atoms with Gasteiger partial charge in [0, 0.05) is 18.9 Å². The van der Waals surface area contributed by atoms with Crippen LogP contribution in [0, 0.1) is 6.92 Å². The number of hydrogen-bond acceptors (Lipinski definition) is 3. The highest BCUT2D eigenvalue weighted by atomic mass is 16.3. The fourth-order valence-corrected chi connectivity index (χ4v) is 1.51. The van der Waals surface area contributed by atoms with Crippen molar-refractivity contribution in [2.45, 2.75) is 6.92 Å². The van der Waals surface area contributed by atoms with Gasteiger partial charge in [-0.1, -0.05) is 0 Å². The molecule has 2 amide bonds. The number of nitrogens with one attached hydrogen (secondary N) is 2. The van der Waals surface area contributed by atoms with Gasteiger partial charge >= 0.3 is 6.03 Å². The molecule has 0 radical (unpaired) electrons. The Morgan fingerprint density at radius 3 is 2.67 bits per heavy atom. The second-order valence-corrected chi connectivity index (χ2v) is 3.98. The lowest BCUT2D eigenvalue weighted by atomic mass is 10.2. The number of rotatable bonds is 2. The van der Waals surface area contributed by atoms with Crippen molar-refractivity contribution < 1.29 is 9.90 Å². The molecule has 2 aromatic rings. The molecule has 0 aliphatic carbocycles. The Bertz CT molecular complexity index is 577. The molecular formula is C12H14N4O2. The van der Waals surface area contributed by atoms with Crippen LogP contribution in [0.1, 0.15) is 5.56 Å². The number of anilines is 2. The third kappa shape index (κ3) is 2.79. The largest absolute Gasteiger partial charge is 0.508 e. The maximum Gasteiger partial charge on any atom is 0.323 e. The zero-order valence-electron chi connectivity index (χ0n) is 10.1. The Kier molecular flexibility index (Phi) is 3.18. The molecule has 1 heterocycles. The van der Waals surface area contributed by atoms with E-state index in [-0.39, 0.29) is 11.8 Å². The topological polar surface area (TPSA) is 79.2 Å². The predicted octanol–water partition coefficient (Wildman–Crippen LogP) is 2.08. The van der Waals surface area contributed by atoms with Crippen molar-refractivity contribution in [3.8, 4) is 5.75 Å². The van der Waals surface area contributed by atoms with Crippen molar-refractivity contribution in [3.05, 3.63) is 36.2 Å². The van der Waals surface area contributed by atoms with E-state index in [0.29, 0.717) is 16.9 Å². The summed E-state index contributed by atoms with van der Waals surface area (Å²) in [6, 6.07) is 4.51. The van der Waals surface area contributed by atoms with E-state index in [2.05, 4.69) is 15.7 Å². The van der Waals surface area contributed by atoms with Gasteiger partial charge in [0.25, 0.3) is 0 Å². The molecule has 0 atom stereocenters. The molecule has 3 N–H and O–H groups in total. The zero-order valence-corrected chi connectivity index (χ0v) is 10.1. The number of carbonyl (C=O) groups is 1. The molecule has 0 aliphatic heterocycles. The molecule has 94 valence electrons. The first-order valence-corrected chi connectivity index (χ1v) is 5.41. The lowest BCUT2D eigenvalue weighted by molar-refractivity contribution is 0.262. The molecule has 0 bridgehead atoms. The van der Waals surface area contributed by atoms with E-state index in [9.17, 15) is 9.90 Å². The lowest BCUT2D eigenvalue weighted by Gasteiger charge is -2.07. The minimum Gasteiger partial charge on any atom is -0.508 e. The van der Waals surface area contributed by atoms with Crippen LogP contribution in [0.4, 0.5) is 16.2 Å². The van der Waals surface area contributed by atoms with Gasteiger partial charge in [0.1, 0.15) is 5.75 Å². The number of carbonyl (C=O) groups excluding carboxylic acids is 1. The monoisotopic (exact) mass is 246 g/mol. The highest BCUT2D eigenvalue weighted by Crippen LogP contribution is 2.20. The van der Waals surface area contributed by atoms with Crippen LogP contribution in [0.3, 0.4) is 0 Å². The number of urea groups is 1. The van der Waals surface area contributed by atoms with Gasteiger partial charge in [-0.25, -0.2) is 4.79 Å². The molecule has 0 saturated heterocycles. The van der Waals surface area contributed by atoms with Gasteiger partial charge < -0.3 is 15.7 Å². The third-order valence-electron chi connectivity index (χ3n) is 2.42. The van der Waals surface area contributed by atoms with Gasteiger partial charge in [-0.3, -0.25) is 4.68 Å². The van der Waals surface area contributed by atoms with E-state index in [1.807, 2.05) is 0 Å². The average Bonchev–Trinajstić information content (AvgIpc) is 2.69. The summed E-state index contributed by atoms with van der Waals surface area (Å²) < 4.78 is 1.60. The number of aromatic nitrogens is 2. The van der Waals surface area contributed by atoms with Crippen LogP contribution in [0.15, 0.2) is 30.6 Å². The molecule has 0 fully saturated rings. The lowest BCUT2D eigenvalue weighted by Crippen LogP contribution is -2.19. The summed E-state index contributed by atoms with van der Waals surface area (Å²) in [7, 11) is 1.77. The summed E-state index contributed by atoms with van der Waals surface area (Å²) in [5.74, 6) is 0.202. The second kappa shape index (κ2) is 4.79. The predicted molar refractivity (Wildman–Crippen MR) is 68.7 cm³/mol. The van der Waals surface area contributed by atoms with Gasteiger partial charge in [0.2, 0.25) is 0 Å². The maximum atomic E-state index is 11.7. The number of amides is 2. The smallest absolute Gasteiger partial charge is 0.323 e. The van der Waals surface area contributed by atoms with E-state index in [1.54, 1.807) is 43.2 Å². The molecule has 1 aromatic heterocycles. The fourth-order valence-electron chi connectivity index (χ4n) is 1.51. The second-order valence-electron chi connectivity index (χ2n) is 3.98. The van der Waals surface area contributed by atoms with Gasteiger partial charge in [-0.05, 0) is 30.7 Å². The standard InChI is InChI=1S/C12H14N4O2/c1-8-5-9(3-4-11(8)17)14-12(18)15-10-6-13-16(2)7-10/h3-7,17H,1-2H3,(H2,14,15,18). The van der Waals surface area contributed by atoms with Crippen LogP contribution >= 0.6 is 0 Å². The van der Waals surface area contributed by atoms with E-state index >= 15 is 0 Å². The number of phenols is 1. The van der Waals surface area contributed by atoms with Crippen molar-refractivity contribution in [3.63, 3.8) is 0 Å². The van der Waals surface area contributed by atoms with E-state index in [4.69, 9.17) is 0 Å². The average molecular weight is 246 g/mol. The van der Waals surface area contributed by atoms with Crippen molar-refractivity contribution in [2.75, 3.05) is 10.6 Å². The number of aryl methyl sites for hydroxylation is 2. The Hall–Kier alpha value is -2.50. The van der Waals surface area contributed by atoms with E-state index < -0.39 is 0 Å². The van der Waals surface area contributed by atoms with Gasteiger partial charge in [-0.2, -0.15) is 5.10 Å². The minimum atomic E-state index is -0.354. The number of phenolic OH excluding ortho intramolecular Hbond substituents is 1. The van der Waals surface area contributed by atoms with Crippen LogP contribution in [-0.4, -0.2) is 20.9 Å². The summed E-state index contributed by atoms with van der Waals surface area (Å²) in [6.45, 7) is 1.76. The fraction of sp³-hybridized carbons (Fsp3) is 0.167. The molecule has 0 unspecified atom stereocenters. The molecule has 6 heteroatoms. The zero-order chi connectivity index (χ0) is 13.1. The van der Waals surface area contributed by atoms with Gasteiger partial charge in [-0.15, -0.1) is 0 Å². The molecular weight excluding hydrogens is 232 g/mol.